The number of aryl methyl sites for hydroxylation is 1. The van der Waals surface area contributed by atoms with Gasteiger partial charge in [-0.3, -0.25) is 0 Å². The van der Waals surface area contributed by atoms with Gasteiger partial charge in [-0.1, -0.05) is 13.8 Å². The molecule has 3 aromatic rings. The average Bonchev–Trinajstić information content (AvgIpc) is 3.09. The maximum Gasteiger partial charge on any atom is 0.418 e. The predicted molar refractivity (Wildman–Crippen MR) is 85.7 cm³/mol. The van der Waals surface area contributed by atoms with Gasteiger partial charge in [-0.15, -0.1) is 0 Å². The molecule has 128 valence electrons. The van der Waals surface area contributed by atoms with E-state index in [1.165, 1.54) is 0 Å². The highest BCUT2D eigenvalue weighted by Crippen LogP contribution is 2.35. The second-order valence-electron chi connectivity index (χ2n) is 6.03. The third-order valence-corrected chi connectivity index (χ3v) is 3.79. The molecule has 0 saturated carbocycles. The molecule has 0 aliphatic carbocycles. The van der Waals surface area contributed by atoms with Gasteiger partial charge in [0.25, 0.3) is 0 Å². The van der Waals surface area contributed by atoms with Crippen molar-refractivity contribution in [2.45, 2.75) is 32.5 Å². The number of nitrogens with zero attached hydrogens (tertiary/aromatic N) is 3. The van der Waals surface area contributed by atoms with Gasteiger partial charge in [-0.2, -0.15) is 13.2 Å². The highest BCUT2D eigenvalue weighted by molar-refractivity contribution is 5.80. The fourth-order valence-corrected chi connectivity index (χ4v) is 2.51. The summed E-state index contributed by atoms with van der Waals surface area (Å²) in [6, 6.07) is 2.84. The number of fused-ring (bicyclic) bond motifs is 1. The Hall–Kier alpha value is -2.51. The first kappa shape index (κ1) is 16.4. The molecule has 5 nitrogen and oxygen atoms in total. The molecule has 24 heavy (non-hydrogen) atoms. The number of halogens is 3. The molecule has 0 saturated heterocycles. The minimum absolute atomic E-state index is 0.0210. The van der Waals surface area contributed by atoms with Crippen LogP contribution in [0.15, 0.2) is 24.5 Å². The third-order valence-electron chi connectivity index (χ3n) is 3.79. The van der Waals surface area contributed by atoms with Crippen molar-refractivity contribution in [1.82, 2.24) is 19.5 Å². The number of benzene rings is 1. The second-order valence-corrected chi connectivity index (χ2v) is 6.03. The standard InChI is InChI=1S/C16H18F3N5/c1-9(2)14-22-12-7-10(8-21-15-20-4-5-24(15)3)6-11(13(12)23-14)16(17,18)19/h4-7,9H,8H2,1-3H3,(H,20,21)(H,22,23). The van der Waals surface area contributed by atoms with Crippen LogP contribution >= 0.6 is 0 Å². The number of H-pyrrole nitrogens is 1. The minimum Gasteiger partial charge on any atom is -0.352 e. The predicted octanol–water partition coefficient (Wildman–Crippen LogP) is 4.05. The number of hydrogen-bond acceptors (Lipinski definition) is 3. The van der Waals surface area contributed by atoms with Crippen molar-refractivity contribution in [1.29, 1.82) is 0 Å². The van der Waals surface area contributed by atoms with Crippen molar-refractivity contribution < 1.29 is 13.2 Å². The van der Waals surface area contributed by atoms with Crippen molar-refractivity contribution in [2.75, 3.05) is 5.32 Å². The smallest absolute Gasteiger partial charge is 0.352 e. The van der Waals surface area contributed by atoms with E-state index >= 15 is 0 Å². The average molecular weight is 337 g/mol. The van der Waals surface area contributed by atoms with Crippen LogP contribution < -0.4 is 5.32 Å². The highest BCUT2D eigenvalue weighted by Gasteiger charge is 2.34. The van der Waals surface area contributed by atoms with E-state index in [4.69, 9.17) is 0 Å². The van der Waals surface area contributed by atoms with Crippen LogP contribution in [0, 0.1) is 0 Å². The molecule has 0 radical (unpaired) electrons. The van der Waals surface area contributed by atoms with E-state index in [1.54, 1.807) is 23.0 Å². The fraction of sp³-hybridized carbons (Fsp3) is 0.375. The normalized spacial score (nSPS) is 12.3. The number of aromatic nitrogens is 4. The Morgan fingerprint density at radius 3 is 2.62 bits per heavy atom. The van der Waals surface area contributed by atoms with Gasteiger partial charge in [-0.25, -0.2) is 9.97 Å². The van der Waals surface area contributed by atoms with E-state index in [1.807, 2.05) is 20.9 Å². The van der Waals surface area contributed by atoms with Gasteiger partial charge in [-0.05, 0) is 17.7 Å². The molecular formula is C16H18F3N5. The molecule has 3 rings (SSSR count). The number of nitrogens with one attached hydrogen (secondary N) is 2. The van der Waals surface area contributed by atoms with Crippen LogP contribution in [0.2, 0.25) is 0 Å². The number of rotatable bonds is 4. The zero-order valence-corrected chi connectivity index (χ0v) is 13.6. The lowest BCUT2D eigenvalue weighted by atomic mass is 10.1. The molecule has 0 bridgehead atoms. The van der Waals surface area contributed by atoms with Gasteiger partial charge < -0.3 is 14.9 Å². The SMILES string of the molecule is CC(C)c1nc2c(C(F)(F)F)cc(CNc3nccn3C)cc2[nH]1. The van der Waals surface area contributed by atoms with Crippen molar-refractivity contribution in [3.05, 3.63) is 41.5 Å². The van der Waals surface area contributed by atoms with Crippen LogP contribution in [-0.4, -0.2) is 19.5 Å². The Balaban J connectivity index is 2.00. The molecular weight excluding hydrogens is 319 g/mol. The lowest BCUT2D eigenvalue weighted by Crippen LogP contribution is -2.09. The summed E-state index contributed by atoms with van der Waals surface area (Å²) >= 11 is 0. The Morgan fingerprint density at radius 1 is 1.29 bits per heavy atom. The van der Waals surface area contributed by atoms with Gasteiger partial charge in [0.1, 0.15) is 11.3 Å². The van der Waals surface area contributed by atoms with E-state index in [9.17, 15) is 13.2 Å². The van der Waals surface area contributed by atoms with Gasteiger partial charge >= 0.3 is 6.18 Å². The molecule has 1 aromatic carbocycles. The molecule has 2 N–H and O–H groups in total. The van der Waals surface area contributed by atoms with Crippen molar-refractivity contribution >= 4 is 17.0 Å². The largest absolute Gasteiger partial charge is 0.418 e. The first-order valence-corrected chi connectivity index (χ1v) is 7.56. The van der Waals surface area contributed by atoms with Gasteiger partial charge in [0.05, 0.1) is 11.1 Å². The van der Waals surface area contributed by atoms with Crippen LogP contribution in [0.1, 0.15) is 36.7 Å². The first-order chi connectivity index (χ1) is 11.3. The third kappa shape index (κ3) is 3.08. The van der Waals surface area contributed by atoms with Crippen LogP contribution in [-0.2, 0) is 19.8 Å². The second kappa shape index (κ2) is 5.85. The van der Waals surface area contributed by atoms with Gasteiger partial charge in [0.2, 0.25) is 5.95 Å². The van der Waals surface area contributed by atoms with Crippen LogP contribution in [0.25, 0.3) is 11.0 Å². The van der Waals surface area contributed by atoms with Crippen LogP contribution in [0.5, 0.6) is 0 Å². The van der Waals surface area contributed by atoms with E-state index in [-0.39, 0.29) is 18.0 Å². The van der Waals surface area contributed by atoms with Crippen LogP contribution in [0.4, 0.5) is 19.1 Å². The molecule has 0 fully saturated rings. The molecule has 2 aromatic heterocycles. The number of anilines is 1. The van der Waals surface area contributed by atoms with E-state index in [0.29, 0.717) is 22.9 Å². The van der Waals surface area contributed by atoms with E-state index in [2.05, 4.69) is 20.3 Å². The Labute approximate surface area is 136 Å². The number of alkyl halides is 3. The monoisotopic (exact) mass is 337 g/mol. The molecule has 0 unspecified atom stereocenters. The summed E-state index contributed by atoms with van der Waals surface area (Å²) in [7, 11) is 1.81. The Kier molecular flexibility index (Phi) is 3.98. The summed E-state index contributed by atoms with van der Waals surface area (Å²) < 4.78 is 41.9. The minimum atomic E-state index is -4.46. The summed E-state index contributed by atoms with van der Waals surface area (Å²) in [5.74, 6) is 1.16. The van der Waals surface area contributed by atoms with Crippen molar-refractivity contribution in [2.24, 2.45) is 7.05 Å². The number of imidazole rings is 2. The van der Waals surface area contributed by atoms with Crippen molar-refractivity contribution in [3.8, 4) is 0 Å². The highest BCUT2D eigenvalue weighted by atomic mass is 19.4. The first-order valence-electron chi connectivity index (χ1n) is 7.56. The molecule has 0 aliphatic rings. The molecule has 0 aliphatic heterocycles. The quantitative estimate of drug-likeness (QED) is 0.755. The molecule has 0 amide bonds. The van der Waals surface area contributed by atoms with Crippen LogP contribution in [0.3, 0.4) is 0 Å². The number of hydrogen-bond donors (Lipinski definition) is 2. The number of aromatic amines is 1. The van der Waals surface area contributed by atoms with E-state index < -0.39 is 11.7 Å². The summed E-state index contributed by atoms with van der Waals surface area (Å²) in [5, 5.41) is 3.03. The lowest BCUT2D eigenvalue weighted by Gasteiger charge is -2.11. The molecule has 8 heteroatoms. The topological polar surface area (TPSA) is 58.5 Å². The summed E-state index contributed by atoms with van der Waals surface area (Å²) in [4.78, 5) is 11.2. The zero-order valence-electron chi connectivity index (χ0n) is 13.6. The summed E-state index contributed by atoms with van der Waals surface area (Å²) in [5.41, 5.74) is 0.147. The maximum atomic E-state index is 13.4. The Bertz CT molecular complexity index is 860. The maximum absolute atomic E-state index is 13.4. The lowest BCUT2D eigenvalue weighted by molar-refractivity contribution is -0.136. The summed E-state index contributed by atoms with van der Waals surface area (Å²) in [6.07, 6.45) is -1.08. The molecule has 2 heterocycles. The molecule has 0 atom stereocenters. The van der Waals surface area contributed by atoms with Crippen molar-refractivity contribution in [3.63, 3.8) is 0 Å². The Morgan fingerprint density at radius 2 is 2.04 bits per heavy atom. The van der Waals surface area contributed by atoms with E-state index in [0.717, 1.165) is 6.07 Å². The fourth-order valence-electron chi connectivity index (χ4n) is 2.51. The van der Waals surface area contributed by atoms with Gasteiger partial charge in [0.15, 0.2) is 0 Å². The summed E-state index contributed by atoms with van der Waals surface area (Å²) in [6.45, 7) is 4.00. The van der Waals surface area contributed by atoms with Gasteiger partial charge in [0, 0.05) is 31.9 Å². The molecule has 0 spiro atoms. The zero-order chi connectivity index (χ0) is 17.5.